The molecule has 0 atom stereocenters. The molecular formula is C17H21N3O6S. The zero-order chi connectivity index (χ0) is 20.2. The van der Waals surface area contributed by atoms with E-state index in [1.165, 1.54) is 4.90 Å². The maximum Gasteiger partial charge on any atom is 0.374 e. The number of sulfonamides is 1. The van der Waals surface area contributed by atoms with Crippen LogP contribution in [0.4, 0.5) is 5.69 Å². The quantitative estimate of drug-likeness (QED) is 0.688. The number of rotatable bonds is 7. The van der Waals surface area contributed by atoms with E-state index in [9.17, 15) is 18.0 Å². The lowest BCUT2D eigenvalue weighted by Crippen LogP contribution is -2.30. The Morgan fingerprint density at radius 3 is 2.22 bits per heavy atom. The molecule has 0 fully saturated rings. The topological polar surface area (TPSA) is 123 Å². The number of benzene rings is 1. The highest BCUT2D eigenvalue weighted by atomic mass is 32.2. The summed E-state index contributed by atoms with van der Waals surface area (Å²) < 4.78 is 31.9. The van der Waals surface area contributed by atoms with Crippen molar-refractivity contribution in [3.05, 3.63) is 47.7 Å². The van der Waals surface area contributed by atoms with Crippen molar-refractivity contribution in [2.45, 2.75) is 11.6 Å². The smallest absolute Gasteiger partial charge is 0.374 e. The molecule has 1 aromatic carbocycles. The van der Waals surface area contributed by atoms with Crippen LogP contribution in [-0.2, 0) is 26.1 Å². The summed E-state index contributed by atoms with van der Waals surface area (Å²) >= 11 is 0. The first-order chi connectivity index (χ1) is 12.6. The number of amides is 1. The molecule has 1 amide bonds. The third-order valence-corrected chi connectivity index (χ3v) is 4.47. The van der Waals surface area contributed by atoms with Gasteiger partial charge in [0, 0.05) is 33.4 Å². The summed E-state index contributed by atoms with van der Waals surface area (Å²) in [5, 5.41) is 4.34. The number of nitrogens with two attached hydrogens (primary N) is 1. The highest BCUT2D eigenvalue weighted by Gasteiger charge is 2.20. The first kappa shape index (κ1) is 20.5. The van der Waals surface area contributed by atoms with Crippen LogP contribution in [0.3, 0.4) is 0 Å². The highest BCUT2D eigenvalue weighted by molar-refractivity contribution is 7.89. The van der Waals surface area contributed by atoms with Gasteiger partial charge >= 0.3 is 5.97 Å². The molecule has 9 nitrogen and oxygen atoms in total. The Morgan fingerprint density at radius 1 is 1.07 bits per heavy atom. The molecule has 2 N–H and O–H groups in total. The number of esters is 1. The molecule has 10 heteroatoms. The van der Waals surface area contributed by atoms with Crippen molar-refractivity contribution in [1.82, 2.24) is 4.90 Å². The van der Waals surface area contributed by atoms with Gasteiger partial charge < -0.3 is 19.0 Å². The molecule has 0 saturated carbocycles. The second kappa shape index (κ2) is 8.23. The van der Waals surface area contributed by atoms with Gasteiger partial charge in [-0.15, -0.1) is 0 Å². The van der Waals surface area contributed by atoms with Crippen molar-refractivity contribution in [3.63, 3.8) is 0 Å². The number of furan rings is 1. The van der Waals surface area contributed by atoms with Crippen molar-refractivity contribution < 1.29 is 27.2 Å². The van der Waals surface area contributed by atoms with E-state index in [0.29, 0.717) is 6.54 Å². The molecular weight excluding hydrogens is 374 g/mol. The van der Waals surface area contributed by atoms with Crippen molar-refractivity contribution in [2.75, 3.05) is 32.6 Å². The lowest BCUT2D eigenvalue weighted by molar-refractivity contribution is -0.133. The fourth-order valence-electron chi connectivity index (χ4n) is 2.15. The zero-order valence-electron chi connectivity index (χ0n) is 15.2. The van der Waals surface area contributed by atoms with Gasteiger partial charge in [0.1, 0.15) is 0 Å². The molecule has 2 aromatic rings. The molecule has 0 aliphatic carbocycles. The second-order valence-corrected chi connectivity index (χ2v) is 7.54. The number of carbonyl (C=O) groups excluding carboxylic acids is 2. The van der Waals surface area contributed by atoms with Crippen molar-refractivity contribution in [2.24, 2.45) is 5.14 Å². The van der Waals surface area contributed by atoms with Crippen LogP contribution in [0.15, 0.2) is 45.9 Å². The molecule has 0 spiro atoms. The van der Waals surface area contributed by atoms with E-state index in [1.54, 1.807) is 7.05 Å². The maximum absolute atomic E-state index is 12.1. The second-order valence-electron chi connectivity index (χ2n) is 6.05. The summed E-state index contributed by atoms with van der Waals surface area (Å²) in [4.78, 5) is 27.3. The Bertz CT molecular complexity index is 918. The highest BCUT2D eigenvalue weighted by Crippen LogP contribution is 2.14. The van der Waals surface area contributed by atoms with Gasteiger partial charge in [-0.3, -0.25) is 4.79 Å². The Balaban J connectivity index is 1.88. The van der Waals surface area contributed by atoms with Gasteiger partial charge in [0.15, 0.2) is 6.61 Å². The minimum Gasteiger partial charge on any atom is -0.450 e. The summed E-state index contributed by atoms with van der Waals surface area (Å²) in [5.41, 5.74) is 1.96. The van der Waals surface area contributed by atoms with Crippen LogP contribution in [0.2, 0.25) is 0 Å². The van der Waals surface area contributed by atoms with Crippen LogP contribution in [-0.4, -0.2) is 52.9 Å². The standard InChI is InChI=1S/C17H21N3O6S/c1-19(2)13-6-4-12(5-7-13)10-20(3)15(21)11-25-17(22)14-8-9-16(26-14)27(18,23)24/h4-9H,10-11H2,1-3H3,(H2,18,23,24). The third-order valence-electron chi connectivity index (χ3n) is 3.69. The summed E-state index contributed by atoms with van der Waals surface area (Å²) in [6.45, 7) is -0.156. The lowest BCUT2D eigenvalue weighted by atomic mass is 10.2. The van der Waals surface area contributed by atoms with Gasteiger partial charge in [0.25, 0.3) is 15.9 Å². The predicted octanol–water partition coefficient (Wildman–Crippen LogP) is 0.808. The molecule has 1 heterocycles. The van der Waals surface area contributed by atoms with Crippen LogP contribution in [0, 0.1) is 0 Å². The monoisotopic (exact) mass is 395 g/mol. The van der Waals surface area contributed by atoms with Gasteiger partial charge in [-0.05, 0) is 29.8 Å². The zero-order valence-corrected chi connectivity index (χ0v) is 16.0. The molecule has 2 rings (SSSR count). The van der Waals surface area contributed by atoms with Gasteiger partial charge in [-0.2, -0.15) is 0 Å². The minimum absolute atomic E-state index is 0.348. The molecule has 0 aliphatic rings. The van der Waals surface area contributed by atoms with Crippen molar-refractivity contribution >= 4 is 27.6 Å². The minimum atomic E-state index is -4.06. The summed E-state index contributed by atoms with van der Waals surface area (Å²) in [6.07, 6.45) is 0. The first-order valence-corrected chi connectivity index (χ1v) is 9.42. The van der Waals surface area contributed by atoms with Crippen LogP contribution in [0.5, 0.6) is 0 Å². The number of anilines is 1. The normalized spacial score (nSPS) is 11.1. The van der Waals surface area contributed by atoms with Gasteiger partial charge in [-0.25, -0.2) is 18.4 Å². The molecule has 0 aliphatic heterocycles. The number of hydrogen-bond donors (Lipinski definition) is 1. The van der Waals surface area contributed by atoms with Crippen molar-refractivity contribution in [3.8, 4) is 0 Å². The van der Waals surface area contributed by atoms with E-state index in [1.807, 2.05) is 43.3 Å². The number of likely N-dealkylation sites (N-methyl/N-ethyl adjacent to an activating group) is 1. The molecule has 27 heavy (non-hydrogen) atoms. The summed E-state index contributed by atoms with van der Waals surface area (Å²) in [5.74, 6) is -1.73. The largest absolute Gasteiger partial charge is 0.450 e. The summed E-state index contributed by atoms with van der Waals surface area (Å²) in [7, 11) is 1.40. The van der Waals surface area contributed by atoms with E-state index in [0.717, 1.165) is 23.4 Å². The number of ether oxygens (including phenoxy) is 1. The first-order valence-electron chi connectivity index (χ1n) is 7.88. The SMILES string of the molecule is CN(Cc1ccc(N(C)C)cc1)C(=O)COC(=O)c1ccc(S(N)(=O)=O)o1. The Hall–Kier alpha value is -2.85. The molecule has 0 radical (unpaired) electrons. The molecule has 0 unspecified atom stereocenters. The van der Waals surface area contributed by atoms with Crippen LogP contribution < -0.4 is 10.0 Å². The van der Waals surface area contributed by atoms with Crippen LogP contribution in [0.1, 0.15) is 16.1 Å². The number of nitrogens with zero attached hydrogens (tertiary/aromatic N) is 2. The van der Waals surface area contributed by atoms with Gasteiger partial charge in [0.05, 0.1) is 0 Å². The predicted molar refractivity (Wildman–Crippen MR) is 97.6 cm³/mol. The number of hydrogen-bond acceptors (Lipinski definition) is 7. The fourth-order valence-corrected chi connectivity index (χ4v) is 2.62. The van der Waals surface area contributed by atoms with E-state index in [-0.39, 0.29) is 5.76 Å². The molecule has 1 aromatic heterocycles. The van der Waals surface area contributed by atoms with E-state index < -0.39 is 33.6 Å². The lowest BCUT2D eigenvalue weighted by Gasteiger charge is -2.18. The Kier molecular flexibility index (Phi) is 6.24. The summed E-state index contributed by atoms with van der Waals surface area (Å²) in [6, 6.07) is 9.84. The average molecular weight is 395 g/mol. The molecule has 0 bridgehead atoms. The van der Waals surface area contributed by atoms with E-state index in [2.05, 4.69) is 0 Å². The van der Waals surface area contributed by atoms with E-state index >= 15 is 0 Å². The maximum atomic E-state index is 12.1. The Labute approximate surface area is 157 Å². The van der Waals surface area contributed by atoms with Crippen molar-refractivity contribution in [1.29, 1.82) is 0 Å². The number of carbonyl (C=O) groups is 2. The molecule has 0 saturated heterocycles. The number of primary sulfonamides is 1. The van der Waals surface area contributed by atoms with Crippen LogP contribution in [0.25, 0.3) is 0 Å². The third kappa shape index (κ3) is 5.56. The Morgan fingerprint density at radius 2 is 1.70 bits per heavy atom. The van der Waals surface area contributed by atoms with E-state index in [4.69, 9.17) is 14.3 Å². The van der Waals surface area contributed by atoms with Crippen LogP contribution >= 0.6 is 0 Å². The van der Waals surface area contributed by atoms with Gasteiger partial charge in [0.2, 0.25) is 10.9 Å². The average Bonchev–Trinajstić information content (AvgIpc) is 3.10. The fraction of sp³-hybridized carbons (Fsp3) is 0.294. The van der Waals surface area contributed by atoms with Gasteiger partial charge in [-0.1, -0.05) is 12.1 Å². The molecule has 146 valence electrons.